The number of carbonyl (C=O) groups excluding carboxylic acids is 2. The molecule has 2 amide bonds. The summed E-state index contributed by atoms with van der Waals surface area (Å²) in [4.78, 5) is 32.0. The first-order chi connectivity index (χ1) is 15.0. The maximum Gasteiger partial charge on any atom is 0.229 e. The van der Waals surface area contributed by atoms with E-state index >= 15 is 0 Å². The average molecular weight is 437 g/mol. The van der Waals surface area contributed by atoms with E-state index in [1.807, 2.05) is 24.3 Å². The van der Waals surface area contributed by atoms with Crippen molar-refractivity contribution in [2.75, 3.05) is 21.3 Å². The second-order valence-corrected chi connectivity index (χ2v) is 7.61. The lowest BCUT2D eigenvalue weighted by atomic mass is 10.2. The molecule has 1 aliphatic rings. The van der Waals surface area contributed by atoms with Gasteiger partial charge in [0, 0.05) is 24.2 Å². The highest BCUT2D eigenvalue weighted by molar-refractivity contribution is 6.33. The van der Waals surface area contributed by atoms with E-state index in [4.69, 9.17) is 11.6 Å². The van der Waals surface area contributed by atoms with Crippen LogP contribution >= 0.6 is 11.6 Å². The number of para-hydroxylation sites is 2. The standard InChI is InChI=1S/C22H21ClN6O2/c1-13(30)25-15-8-10-16(11-9-15)26-22-24-12-17(23)20(29-22)27-18-4-2-3-5-19(18)28-21(31)14-6-7-14/h2-5,8-12,14H,6-7H2,1H3,(H,25,30)(H,28,31)(H2,24,26,27,29). The molecule has 2 aromatic carbocycles. The van der Waals surface area contributed by atoms with Gasteiger partial charge in [-0.3, -0.25) is 9.59 Å². The number of rotatable bonds is 7. The molecular weight excluding hydrogens is 416 g/mol. The van der Waals surface area contributed by atoms with Crippen LogP contribution in [0.25, 0.3) is 0 Å². The molecule has 1 fully saturated rings. The second-order valence-electron chi connectivity index (χ2n) is 7.21. The minimum absolute atomic E-state index is 0.0214. The van der Waals surface area contributed by atoms with Crippen molar-refractivity contribution in [3.8, 4) is 0 Å². The fraction of sp³-hybridized carbons (Fsp3) is 0.182. The summed E-state index contributed by atoms with van der Waals surface area (Å²) in [5.41, 5.74) is 2.79. The number of nitrogens with zero attached hydrogens (tertiary/aromatic N) is 2. The van der Waals surface area contributed by atoms with E-state index in [9.17, 15) is 9.59 Å². The summed E-state index contributed by atoms with van der Waals surface area (Å²) in [6, 6.07) is 14.5. The molecule has 1 aromatic heterocycles. The van der Waals surface area contributed by atoms with Gasteiger partial charge < -0.3 is 21.3 Å². The summed E-state index contributed by atoms with van der Waals surface area (Å²) in [6.07, 6.45) is 3.36. The van der Waals surface area contributed by atoms with Gasteiger partial charge in [-0.1, -0.05) is 23.7 Å². The third kappa shape index (κ3) is 5.49. The summed E-state index contributed by atoms with van der Waals surface area (Å²) in [7, 11) is 0. The van der Waals surface area contributed by atoms with Crippen molar-refractivity contribution >= 4 is 57.9 Å². The molecule has 0 saturated heterocycles. The molecule has 9 heteroatoms. The number of nitrogens with one attached hydrogen (secondary N) is 4. The lowest BCUT2D eigenvalue weighted by Gasteiger charge is -2.14. The molecule has 158 valence electrons. The fourth-order valence-corrected chi connectivity index (χ4v) is 3.03. The molecular formula is C22H21ClN6O2. The van der Waals surface area contributed by atoms with Gasteiger partial charge in [0.15, 0.2) is 5.82 Å². The zero-order chi connectivity index (χ0) is 21.8. The number of amides is 2. The van der Waals surface area contributed by atoms with Crippen molar-refractivity contribution < 1.29 is 9.59 Å². The smallest absolute Gasteiger partial charge is 0.229 e. The molecule has 1 saturated carbocycles. The Labute approximate surface area is 184 Å². The van der Waals surface area contributed by atoms with Crippen LogP contribution in [-0.4, -0.2) is 21.8 Å². The van der Waals surface area contributed by atoms with Crippen LogP contribution in [0.4, 0.5) is 34.5 Å². The normalized spacial score (nSPS) is 12.7. The van der Waals surface area contributed by atoms with Crippen molar-refractivity contribution in [1.29, 1.82) is 0 Å². The maximum atomic E-state index is 12.2. The van der Waals surface area contributed by atoms with Crippen LogP contribution in [0.5, 0.6) is 0 Å². The summed E-state index contributed by atoms with van der Waals surface area (Å²) in [5, 5.41) is 12.3. The fourth-order valence-electron chi connectivity index (χ4n) is 2.89. The van der Waals surface area contributed by atoms with E-state index in [-0.39, 0.29) is 17.7 Å². The van der Waals surface area contributed by atoms with E-state index in [0.29, 0.717) is 33.9 Å². The lowest BCUT2D eigenvalue weighted by molar-refractivity contribution is -0.117. The first kappa shape index (κ1) is 20.6. The summed E-state index contributed by atoms with van der Waals surface area (Å²) < 4.78 is 0. The van der Waals surface area contributed by atoms with Gasteiger partial charge in [-0.2, -0.15) is 4.98 Å². The highest BCUT2D eigenvalue weighted by Gasteiger charge is 2.30. The molecule has 0 bridgehead atoms. The zero-order valence-corrected chi connectivity index (χ0v) is 17.5. The number of hydrogen-bond acceptors (Lipinski definition) is 6. The number of halogens is 1. The van der Waals surface area contributed by atoms with Crippen LogP contribution in [0, 0.1) is 5.92 Å². The largest absolute Gasteiger partial charge is 0.337 e. The first-order valence-electron chi connectivity index (χ1n) is 9.82. The van der Waals surface area contributed by atoms with E-state index in [1.165, 1.54) is 13.1 Å². The predicted octanol–water partition coefficient (Wildman–Crippen LogP) is 4.92. The molecule has 8 nitrogen and oxygen atoms in total. The summed E-state index contributed by atoms with van der Waals surface area (Å²) >= 11 is 6.29. The van der Waals surface area contributed by atoms with Crippen molar-refractivity contribution in [1.82, 2.24) is 9.97 Å². The molecule has 0 aliphatic heterocycles. The molecule has 4 N–H and O–H groups in total. The highest BCUT2D eigenvalue weighted by atomic mass is 35.5. The number of anilines is 6. The van der Waals surface area contributed by atoms with Gasteiger partial charge in [0.2, 0.25) is 17.8 Å². The van der Waals surface area contributed by atoms with Gasteiger partial charge in [-0.25, -0.2) is 4.98 Å². The van der Waals surface area contributed by atoms with E-state index in [0.717, 1.165) is 18.5 Å². The van der Waals surface area contributed by atoms with Crippen LogP contribution < -0.4 is 21.3 Å². The summed E-state index contributed by atoms with van der Waals surface area (Å²) in [5.74, 6) is 0.739. The lowest BCUT2D eigenvalue weighted by Crippen LogP contribution is -2.14. The van der Waals surface area contributed by atoms with Crippen LogP contribution in [0.1, 0.15) is 19.8 Å². The molecule has 0 atom stereocenters. The quantitative estimate of drug-likeness (QED) is 0.418. The zero-order valence-electron chi connectivity index (χ0n) is 16.8. The number of hydrogen-bond donors (Lipinski definition) is 4. The Hall–Kier alpha value is -3.65. The molecule has 4 rings (SSSR count). The third-order valence-electron chi connectivity index (χ3n) is 4.59. The molecule has 1 heterocycles. The predicted molar refractivity (Wildman–Crippen MR) is 122 cm³/mol. The van der Waals surface area contributed by atoms with Crippen LogP contribution in [0.15, 0.2) is 54.7 Å². The Morgan fingerprint density at radius 1 is 0.935 bits per heavy atom. The van der Waals surface area contributed by atoms with E-state index in [1.54, 1.807) is 24.3 Å². The van der Waals surface area contributed by atoms with Crippen molar-refractivity contribution in [2.45, 2.75) is 19.8 Å². The number of carbonyl (C=O) groups is 2. The van der Waals surface area contributed by atoms with Crippen molar-refractivity contribution in [3.05, 3.63) is 59.8 Å². The first-order valence-corrected chi connectivity index (χ1v) is 10.2. The molecule has 0 radical (unpaired) electrons. The van der Waals surface area contributed by atoms with E-state index in [2.05, 4.69) is 31.2 Å². The van der Waals surface area contributed by atoms with Crippen molar-refractivity contribution in [3.63, 3.8) is 0 Å². The SMILES string of the molecule is CC(=O)Nc1ccc(Nc2ncc(Cl)c(Nc3ccccc3NC(=O)C3CC3)n2)cc1. The summed E-state index contributed by atoms with van der Waals surface area (Å²) in [6.45, 7) is 1.46. The second kappa shape index (κ2) is 9.01. The Morgan fingerprint density at radius 2 is 1.61 bits per heavy atom. The molecule has 0 unspecified atom stereocenters. The van der Waals surface area contributed by atoms with Gasteiger partial charge in [-0.15, -0.1) is 0 Å². The molecule has 31 heavy (non-hydrogen) atoms. The Morgan fingerprint density at radius 3 is 2.29 bits per heavy atom. The average Bonchev–Trinajstić information content (AvgIpc) is 3.58. The molecule has 1 aliphatic carbocycles. The number of aromatic nitrogens is 2. The van der Waals surface area contributed by atoms with Crippen LogP contribution in [0.3, 0.4) is 0 Å². The van der Waals surface area contributed by atoms with Crippen molar-refractivity contribution in [2.24, 2.45) is 5.92 Å². The Bertz CT molecular complexity index is 1120. The number of benzene rings is 2. The van der Waals surface area contributed by atoms with Gasteiger partial charge in [0.1, 0.15) is 5.02 Å². The monoisotopic (exact) mass is 436 g/mol. The topological polar surface area (TPSA) is 108 Å². The molecule has 0 spiro atoms. The minimum atomic E-state index is -0.133. The Balaban J connectivity index is 1.49. The van der Waals surface area contributed by atoms with Gasteiger partial charge >= 0.3 is 0 Å². The third-order valence-corrected chi connectivity index (χ3v) is 4.87. The maximum absolute atomic E-state index is 12.2. The van der Waals surface area contributed by atoms with Gasteiger partial charge in [0.25, 0.3) is 0 Å². The van der Waals surface area contributed by atoms with E-state index < -0.39 is 0 Å². The van der Waals surface area contributed by atoms with Crippen LogP contribution in [-0.2, 0) is 9.59 Å². The molecule has 3 aromatic rings. The van der Waals surface area contributed by atoms with Gasteiger partial charge in [-0.05, 0) is 49.2 Å². The van der Waals surface area contributed by atoms with Gasteiger partial charge in [0.05, 0.1) is 17.6 Å². The highest BCUT2D eigenvalue weighted by Crippen LogP contribution is 2.33. The van der Waals surface area contributed by atoms with Crippen LogP contribution in [0.2, 0.25) is 5.02 Å². The Kier molecular flexibility index (Phi) is 5.99. The minimum Gasteiger partial charge on any atom is -0.337 e.